The van der Waals surface area contributed by atoms with Crippen LogP contribution in [-0.2, 0) is 17.9 Å². The standard InChI is InChI=1S/C30H26ClN3O3/c1-3-36-30(35)25-12-8-7-11-23(25)19-37-24-14-16-27-28(17-24)34(20(2)32-27)18-22-13-15-26(33-29(22)31)21-9-5-4-6-10-21/h4-17H,3,18-19H2,1-2H3. The van der Waals surface area contributed by atoms with Gasteiger partial charge >= 0.3 is 5.97 Å². The van der Waals surface area contributed by atoms with Gasteiger partial charge in [-0.1, -0.05) is 66.2 Å². The molecule has 0 unspecified atom stereocenters. The van der Waals surface area contributed by atoms with E-state index in [2.05, 4.69) is 9.55 Å². The van der Waals surface area contributed by atoms with Crippen molar-refractivity contribution in [2.75, 3.05) is 6.61 Å². The van der Waals surface area contributed by atoms with Crippen LogP contribution >= 0.6 is 11.6 Å². The number of nitrogens with zero attached hydrogens (tertiary/aromatic N) is 3. The summed E-state index contributed by atoms with van der Waals surface area (Å²) >= 11 is 6.60. The minimum Gasteiger partial charge on any atom is -0.489 e. The number of aryl methyl sites for hydroxylation is 1. The summed E-state index contributed by atoms with van der Waals surface area (Å²) in [5, 5.41) is 0.464. The van der Waals surface area contributed by atoms with Crippen molar-refractivity contribution in [2.24, 2.45) is 0 Å². The molecule has 3 aromatic carbocycles. The lowest BCUT2D eigenvalue weighted by atomic mass is 10.1. The van der Waals surface area contributed by atoms with Gasteiger partial charge in [-0.25, -0.2) is 14.8 Å². The van der Waals surface area contributed by atoms with Crippen LogP contribution in [0, 0.1) is 6.92 Å². The molecule has 6 nitrogen and oxygen atoms in total. The Morgan fingerprint density at radius 2 is 1.70 bits per heavy atom. The second-order valence-corrected chi connectivity index (χ2v) is 8.93. The number of rotatable bonds is 8. The molecule has 0 saturated heterocycles. The monoisotopic (exact) mass is 511 g/mol. The summed E-state index contributed by atoms with van der Waals surface area (Å²) in [6.45, 7) is 4.85. The van der Waals surface area contributed by atoms with Gasteiger partial charge in [-0.2, -0.15) is 0 Å². The van der Waals surface area contributed by atoms with E-state index in [0.717, 1.165) is 39.2 Å². The highest BCUT2D eigenvalue weighted by atomic mass is 35.5. The van der Waals surface area contributed by atoms with Crippen molar-refractivity contribution >= 4 is 28.6 Å². The SMILES string of the molecule is CCOC(=O)c1ccccc1COc1ccc2nc(C)n(Cc3ccc(-c4ccccc4)nc3Cl)c2c1. The molecule has 186 valence electrons. The van der Waals surface area contributed by atoms with E-state index in [9.17, 15) is 4.79 Å². The van der Waals surface area contributed by atoms with Gasteiger partial charge in [0.15, 0.2) is 0 Å². The summed E-state index contributed by atoms with van der Waals surface area (Å²) in [5.74, 6) is 1.19. The molecule has 5 aromatic rings. The maximum Gasteiger partial charge on any atom is 0.338 e. The molecule has 0 aliphatic heterocycles. The number of hydrogen-bond donors (Lipinski definition) is 0. The number of imidazole rings is 1. The first-order valence-electron chi connectivity index (χ1n) is 12.1. The average Bonchev–Trinajstić information content (AvgIpc) is 3.23. The van der Waals surface area contributed by atoms with E-state index >= 15 is 0 Å². The summed E-state index contributed by atoms with van der Waals surface area (Å²) < 4.78 is 13.4. The normalized spacial score (nSPS) is 11.0. The molecule has 0 spiro atoms. The van der Waals surface area contributed by atoms with Crippen molar-refractivity contribution in [1.82, 2.24) is 14.5 Å². The van der Waals surface area contributed by atoms with Crippen molar-refractivity contribution in [3.05, 3.63) is 113 Å². The van der Waals surface area contributed by atoms with Crippen LogP contribution in [0.1, 0.15) is 34.2 Å². The van der Waals surface area contributed by atoms with E-state index in [0.29, 0.717) is 29.6 Å². The largest absolute Gasteiger partial charge is 0.489 e. The third-order valence-electron chi connectivity index (χ3n) is 6.14. The van der Waals surface area contributed by atoms with Gasteiger partial charge in [0.2, 0.25) is 0 Å². The quantitative estimate of drug-likeness (QED) is 0.168. The Kier molecular flexibility index (Phi) is 7.19. The second-order valence-electron chi connectivity index (χ2n) is 8.57. The van der Waals surface area contributed by atoms with Gasteiger partial charge in [0, 0.05) is 22.8 Å². The molecule has 2 aromatic heterocycles. The average molecular weight is 512 g/mol. The number of fused-ring (bicyclic) bond motifs is 1. The van der Waals surface area contributed by atoms with Gasteiger partial charge in [0.05, 0.1) is 35.4 Å². The van der Waals surface area contributed by atoms with Gasteiger partial charge in [-0.15, -0.1) is 0 Å². The number of pyridine rings is 1. The number of halogens is 1. The molecule has 0 atom stereocenters. The summed E-state index contributed by atoms with van der Waals surface area (Å²) in [6, 6.07) is 27.0. The first kappa shape index (κ1) is 24.5. The Labute approximate surface area is 220 Å². The minimum atomic E-state index is -0.352. The maximum atomic E-state index is 12.3. The van der Waals surface area contributed by atoms with Crippen molar-refractivity contribution in [3.8, 4) is 17.0 Å². The predicted molar refractivity (Wildman–Crippen MR) is 145 cm³/mol. The topological polar surface area (TPSA) is 66.2 Å². The molecular weight excluding hydrogens is 486 g/mol. The van der Waals surface area contributed by atoms with E-state index in [1.165, 1.54) is 0 Å². The van der Waals surface area contributed by atoms with Crippen molar-refractivity contribution in [2.45, 2.75) is 27.0 Å². The van der Waals surface area contributed by atoms with E-state index in [1.54, 1.807) is 13.0 Å². The zero-order valence-electron chi connectivity index (χ0n) is 20.6. The van der Waals surface area contributed by atoms with E-state index in [-0.39, 0.29) is 12.6 Å². The molecule has 0 fully saturated rings. The molecule has 0 N–H and O–H groups in total. The summed E-state index contributed by atoms with van der Waals surface area (Å²) in [6.07, 6.45) is 0. The van der Waals surface area contributed by atoms with Gasteiger partial charge < -0.3 is 14.0 Å². The van der Waals surface area contributed by atoms with Crippen LogP contribution in [0.3, 0.4) is 0 Å². The second kappa shape index (κ2) is 10.8. The fraction of sp³-hybridized carbons (Fsp3) is 0.167. The van der Waals surface area contributed by atoms with Gasteiger partial charge in [0.25, 0.3) is 0 Å². The molecule has 0 aliphatic carbocycles. The van der Waals surface area contributed by atoms with E-state index in [4.69, 9.17) is 26.1 Å². The maximum absolute atomic E-state index is 12.3. The number of hydrogen-bond acceptors (Lipinski definition) is 5. The highest BCUT2D eigenvalue weighted by Gasteiger charge is 2.15. The van der Waals surface area contributed by atoms with Crippen LogP contribution in [0.25, 0.3) is 22.3 Å². The highest BCUT2D eigenvalue weighted by Crippen LogP contribution is 2.27. The van der Waals surface area contributed by atoms with Crippen molar-refractivity contribution in [1.29, 1.82) is 0 Å². The lowest BCUT2D eigenvalue weighted by Crippen LogP contribution is -2.09. The van der Waals surface area contributed by atoms with E-state index in [1.807, 2.05) is 85.8 Å². The third kappa shape index (κ3) is 5.34. The number of carbonyl (C=O) groups excluding carboxylic acids is 1. The van der Waals surface area contributed by atoms with Gasteiger partial charge in [-0.3, -0.25) is 0 Å². The molecular formula is C30H26ClN3O3. The smallest absolute Gasteiger partial charge is 0.338 e. The minimum absolute atomic E-state index is 0.240. The Morgan fingerprint density at radius 3 is 2.49 bits per heavy atom. The number of ether oxygens (including phenoxy) is 2. The van der Waals surface area contributed by atoms with Crippen LogP contribution in [0.2, 0.25) is 5.15 Å². The molecule has 0 radical (unpaired) electrons. The van der Waals surface area contributed by atoms with Crippen LogP contribution in [0.4, 0.5) is 0 Å². The summed E-state index contributed by atoms with van der Waals surface area (Å²) in [4.78, 5) is 21.6. The fourth-order valence-electron chi connectivity index (χ4n) is 4.25. The van der Waals surface area contributed by atoms with Crippen LogP contribution in [0.5, 0.6) is 5.75 Å². The van der Waals surface area contributed by atoms with Crippen LogP contribution in [-0.4, -0.2) is 27.1 Å². The molecule has 0 aliphatic rings. The zero-order chi connectivity index (χ0) is 25.8. The fourth-order valence-corrected chi connectivity index (χ4v) is 4.46. The summed E-state index contributed by atoms with van der Waals surface area (Å²) in [5.41, 5.74) is 5.82. The van der Waals surface area contributed by atoms with Gasteiger partial charge in [-0.05, 0) is 38.1 Å². The molecule has 7 heteroatoms. The molecule has 0 amide bonds. The first-order chi connectivity index (χ1) is 18.0. The third-order valence-corrected chi connectivity index (χ3v) is 6.47. The molecule has 0 saturated carbocycles. The number of esters is 1. The first-order valence-corrected chi connectivity index (χ1v) is 12.5. The number of carbonyl (C=O) groups is 1. The van der Waals surface area contributed by atoms with Crippen molar-refractivity contribution in [3.63, 3.8) is 0 Å². The lowest BCUT2D eigenvalue weighted by Gasteiger charge is -2.12. The zero-order valence-corrected chi connectivity index (χ0v) is 21.4. The molecule has 0 bridgehead atoms. The predicted octanol–water partition coefficient (Wildman–Crippen LogP) is 6.86. The van der Waals surface area contributed by atoms with Crippen molar-refractivity contribution < 1.29 is 14.3 Å². The Morgan fingerprint density at radius 1 is 0.919 bits per heavy atom. The Balaban J connectivity index is 1.39. The number of aromatic nitrogens is 3. The van der Waals surface area contributed by atoms with Gasteiger partial charge in [0.1, 0.15) is 23.3 Å². The lowest BCUT2D eigenvalue weighted by molar-refractivity contribution is 0.0523. The summed E-state index contributed by atoms with van der Waals surface area (Å²) in [7, 11) is 0. The molecule has 37 heavy (non-hydrogen) atoms. The van der Waals surface area contributed by atoms with Crippen LogP contribution < -0.4 is 4.74 Å². The Hall–Kier alpha value is -4.16. The van der Waals surface area contributed by atoms with E-state index < -0.39 is 0 Å². The Bertz CT molecular complexity index is 1560. The highest BCUT2D eigenvalue weighted by molar-refractivity contribution is 6.30. The molecule has 2 heterocycles. The van der Waals surface area contributed by atoms with Crippen LogP contribution in [0.15, 0.2) is 84.9 Å². The number of benzene rings is 3. The molecule has 5 rings (SSSR count).